The number of sulfonamides is 1. The molecule has 1 rings (SSSR count). The summed E-state index contributed by atoms with van der Waals surface area (Å²) in [7, 11) is -3.58. The van der Waals surface area contributed by atoms with Crippen LogP contribution in [0.3, 0.4) is 0 Å². The Hall–Kier alpha value is -1.11. The summed E-state index contributed by atoms with van der Waals surface area (Å²) < 4.78 is 31.6. The number of hydrogen-bond donors (Lipinski definition) is 1. The van der Waals surface area contributed by atoms with E-state index in [-0.39, 0.29) is 5.09 Å². The van der Waals surface area contributed by atoms with Gasteiger partial charge in [0.05, 0.1) is 6.54 Å². The molecule has 0 aliphatic carbocycles. The second-order valence-electron chi connectivity index (χ2n) is 4.79. The molecule has 0 bridgehead atoms. The fourth-order valence-corrected chi connectivity index (χ4v) is 3.21. The molecule has 1 N–H and O–H groups in total. The molecule has 1 heterocycles. The zero-order valence-corrected chi connectivity index (χ0v) is 13.3. The monoisotopic (exact) mass is 300 g/mol. The first-order chi connectivity index (χ1) is 9.41. The predicted molar refractivity (Wildman–Crippen MR) is 80.0 cm³/mol. The summed E-state index contributed by atoms with van der Waals surface area (Å²) in [5, 5.41) is 3.17. The molecule has 0 spiro atoms. The zero-order chi connectivity index (χ0) is 15.2. The Morgan fingerprint density at radius 1 is 1.40 bits per heavy atom. The molecule has 114 valence electrons. The van der Waals surface area contributed by atoms with Gasteiger partial charge >= 0.3 is 0 Å². The highest BCUT2D eigenvalue weighted by atomic mass is 32.2. The number of nitrogens with one attached hydrogen (secondary N) is 1. The van der Waals surface area contributed by atoms with Crippen LogP contribution in [0.25, 0.3) is 0 Å². The van der Waals surface area contributed by atoms with Gasteiger partial charge < -0.3 is 9.73 Å². The molecular weight excluding hydrogens is 276 g/mol. The van der Waals surface area contributed by atoms with Gasteiger partial charge in [-0.25, -0.2) is 8.42 Å². The van der Waals surface area contributed by atoms with Gasteiger partial charge in [-0.3, -0.25) is 0 Å². The maximum Gasteiger partial charge on any atom is 0.276 e. The lowest BCUT2D eigenvalue weighted by Gasteiger charge is -2.18. The van der Waals surface area contributed by atoms with Crippen LogP contribution < -0.4 is 5.32 Å². The van der Waals surface area contributed by atoms with E-state index in [1.807, 2.05) is 0 Å². The lowest BCUT2D eigenvalue weighted by molar-refractivity contribution is 0.376. The molecule has 0 aliphatic rings. The van der Waals surface area contributed by atoms with E-state index in [1.165, 1.54) is 10.4 Å². The average Bonchev–Trinajstić information content (AvgIpc) is 2.85. The number of likely N-dealkylation sites (N-methyl/N-ethyl adjacent to an activating group) is 1. The lowest BCUT2D eigenvalue weighted by Crippen LogP contribution is -2.32. The van der Waals surface area contributed by atoms with Crippen LogP contribution in [0.5, 0.6) is 0 Å². The molecule has 0 saturated carbocycles. The van der Waals surface area contributed by atoms with Gasteiger partial charge in [-0.15, -0.1) is 0 Å². The van der Waals surface area contributed by atoms with Crippen LogP contribution in [0.15, 0.2) is 33.8 Å². The van der Waals surface area contributed by atoms with Gasteiger partial charge in [-0.1, -0.05) is 26.0 Å². The van der Waals surface area contributed by atoms with Crippen molar-refractivity contribution in [3.63, 3.8) is 0 Å². The summed E-state index contributed by atoms with van der Waals surface area (Å²) in [4.78, 5) is 0. The maximum atomic E-state index is 12.4. The third-order valence-electron chi connectivity index (χ3n) is 2.76. The number of nitrogens with zero attached hydrogens (tertiary/aromatic N) is 1. The number of hydrogen-bond acceptors (Lipinski definition) is 4. The maximum absolute atomic E-state index is 12.4. The topological polar surface area (TPSA) is 62.6 Å². The predicted octanol–water partition coefficient (Wildman–Crippen LogP) is 2.37. The molecule has 0 amide bonds. The van der Waals surface area contributed by atoms with Crippen LogP contribution in [-0.2, 0) is 16.6 Å². The van der Waals surface area contributed by atoms with Crippen molar-refractivity contribution in [2.45, 2.75) is 38.8 Å². The summed E-state index contributed by atoms with van der Waals surface area (Å²) in [6.45, 7) is 11.5. The standard InChI is InChI=1S/C14H24N2O3S/c1-5-9-15-10-13-7-8-14(19-13)20(17,18)16(6-2)11-12(3)4/h7-8,15H,3,5-6,9-11H2,1-2,4H3. The Morgan fingerprint density at radius 3 is 2.65 bits per heavy atom. The molecule has 1 aromatic heterocycles. The SMILES string of the molecule is C=C(C)CN(CC)S(=O)(=O)c1ccc(CNCCC)o1. The van der Waals surface area contributed by atoms with Gasteiger partial charge in [0.25, 0.3) is 10.0 Å². The first kappa shape index (κ1) is 16.9. The Bertz CT molecular complexity index is 534. The highest BCUT2D eigenvalue weighted by Crippen LogP contribution is 2.19. The summed E-state index contributed by atoms with van der Waals surface area (Å²) in [6, 6.07) is 3.21. The fourth-order valence-electron chi connectivity index (χ4n) is 1.78. The normalized spacial score (nSPS) is 12.0. The highest BCUT2D eigenvalue weighted by Gasteiger charge is 2.26. The van der Waals surface area contributed by atoms with Crippen molar-refractivity contribution in [1.82, 2.24) is 9.62 Å². The summed E-state index contributed by atoms with van der Waals surface area (Å²) in [6.07, 6.45) is 1.02. The molecule has 1 aromatic rings. The molecule has 5 nitrogen and oxygen atoms in total. The molecule has 0 saturated heterocycles. The first-order valence-electron chi connectivity index (χ1n) is 6.85. The smallest absolute Gasteiger partial charge is 0.276 e. The summed E-state index contributed by atoms with van der Waals surface area (Å²) >= 11 is 0. The fraction of sp³-hybridized carbons (Fsp3) is 0.571. The third kappa shape index (κ3) is 4.47. The molecule has 0 unspecified atom stereocenters. The van der Waals surface area contributed by atoms with Crippen LogP contribution >= 0.6 is 0 Å². The van der Waals surface area contributed by atoms with Crippen LogP contribution in [0.4, 0.5) is 0 Å². The molecule has 6 heteroatoms. The summed E-state index contributed by atoms with van der Waals surface area (Å²) in [5.41, 5.74) is 0.798. The van der Waals surface area contributed by atoms with Gasteiger partial charge in [0.1, 0.15) is 5.76 Å². The van der Waals surface area contributed by atoms with Crippen LogP contribution in [0, 0.1) is 0 Å². The van der Waals surface area contributed by atoms with E-state index in [0.29, 0.717) is 25.4 Å². The molecule has 20 heavy (non-hydrogen) atoms. The first-order valence-corrected chi connectivity index (χ1v) is 8.29. The van der Waals surface area contributed by atoms with E-state index in [2.05, 4.69) is 18.8 Å². The minimum atomic E-state index is -3.58. The molecule has 0 radical (unpaired) electrons. The lowest BCUT2D eigenvalue weighted by atomic mass is 10.3. The Morgan fingerprint density at radius 2 is 2.10 bits per heavy atom. The summed E-state index contributed by atoms with van der Waals surface area (Å²) in [5.74, 6) is 0.628. The molecular formula is C14H24N2O3S. The van der Waals surface area contributed by atoms with E-state index in [4.69, 9.17) is 4.42 Å². The van der Waals surface area contributed by atoms with E-state index in [9.17, 15) is 8.42 Å². The molecule has 0 fully saturated rings. The highest BCUT2D eigenvalue weighted by molar-refractivity contribution is 7.89. The minimum Gasteiger partial charge on any atom is -0.447 e. The second-order valence-corrected chi connectivity index (χ2v) is 6.65. The van der Waals surface area contributed by atoms with Gasteiger partial charge in [0.2, 0.25) is 5.09 Å². The van der Waals surface area contributed by atoms with Gasteiger partial charge in [-0.05, 0) is 32.0 Å². The molecule has 0 atom stereocenters. The van der Waals surface area contributed by atoms with E-state index in [0.717, 1.165) is 18.5 Å². The minimum absolute atomic E-state index is 0.00565. The Balaban J connectivity index is 2.83. The number of rotatable bonds is 9. The van der Waals surface area contributed by atoms with Crippen molar-refractivity contribution in [3.05, 3.63) is 30.0 Å². The average molecular weight is 300 g/mol. The number of furan rings is 1. The van der Waals surface area contributed by atoms with Crippen molar-refractivity contribution in [2.24, 2.45) is 0 Å². The van der Waals surface area contributed by atoms with E-state index >= 15 is 0 Å². The van der Waals surface area contributed by atoms with Gasteiger partial charge in [0.15, 0.2) is 0 Å². The van der Waals surface area contributed by atoms with Crippen molar-refractivity contribution >= 4 is 10.0 Å². The second kappa shape index (κ2) is 7.61. The van der Waals surface area contributed by atoms with Crippen molar-refractivity contribution < 1.29 is 12.8 Å². The largest absolute Gasteiger partial charge is 0.447 e. The molecule has 0 aromatic carbocycles. The molecule has 0 aliphatic heterocycles. The van der Waals surface area contributed by atoms with E-state index < -0.39 is 10.0 Å². The third-order valence-corrected chi connectivity index (χ3v) is 4.55. The zero-order valence-electron chi connectivity index (χ0n) is 12.5. The Labute approximate surface area is 121 Å². The van der Waals surface area contributed by atoms with Crippen molar-refractivity contribution in [3.8, 4) is 0 Å². The van der Waals surface area contributed by atoms with Crippen LogP contribution in [0.1, 0.15) is 33.0 Å². The van der Waals surface area contributed by atoms with Gasteiger partial charge in [-0.2, -0.15) is 4.31 Å². The van der Waals surface area contributed by atoms with Crippen molar-refractivity contribution in [2.75, 3.05) is 19.6 Å². The Kier molecular flexibility index (Phi) is 6.45. The van der Waals surface area contributed by atoms with Crippen molar-refractivity contribution in [1.29, 1.82) is 0 Å². The van der Waals surface area contributed by atoms with Crippen LogP contribution in [-0.4, -0.2) is 32.4 Å². The quantitative estimate of drug-likeness (QED) is 0.562. The van der Waals surface area contributed by atoms with Gasteiger partial charge in [0, 0.05) is 13.1 Å². The van der Waals surface area contributed by atoms with Crippen LogP contribution in [0.2, 0.25) is 0 Å². The van der Waals surface area contributed by atoms with E-state index in [1.54, 1.807) is 19.9 Å².